The topological polar surface area (TPSA) is 127 Å². The lowest BCUT2D eigenvalue weighted by molar-refractivity contribution is -0.139. The molecule has 0 aromatic heterocycles. The molecule has 0 aliphatic rings. The molecule has 33 heavy (non-hydrogen) atoms. The Hall–Kier alpha value is -4.08. The van der Waals surface area contributed by atoms with Crippen molar-refractivity contribution in [2.75, 3.05) is 26.1 Å². The number of anilines is 1. The smallest absolute Gasteiger partial charge is 0.329 e. The van der Waals surface area contributed by atoms with Crippen LogP contribution in [0.4, 0.5) is 5.69 Å². The van der Waals surface area contributed by atoms with E-state index in [0.717, 1.165) is 0 Å². The maximum atomic E-state index is 12.2. The van der Waals surface area contributed by atoms with Crippen LogP contribution in [-0.4, -0.2) is 50.8 Å². The molecule has 0 unspecified atom stereocenters. The predicted octanol–water partition coefficient (Wildman–Crippen LogP) is 2.09. The minimum absolute atomic E-state index is 0.110. The number of ether oxygens (including phenoxy) is 3. The van der Waals surface area contributed by atoms with Crippen molar-refractivity contribution in [3.8, 4) is 17.2 Å². The van der Waals surface area contributed by atoms with Gasteiger partial charge in [0.2, 0.25) is 0 Å². The van der Waals surface area contributed by atoms with Gasteiger partial charge in [0.15, 0.2) is 18.1 Å². The third kappa shape index (κ3) is 8.17. The molecule has 0 saturated heterocycles. The van der Waals surface area contributed by atoms with Crippen molar-refractivity contribution < 1.29 is 28.6 Å². The van der Waals surface area contributed by atoms with E-state index in [1.165, 1.54) is 13.3 Å². The summed E-state index contributed by atoms with van der Waals surface area (Å²) in [4.78, 5) is 35.6. The Morgan fingerprint density at radius 1 is 1.03 bits per heavy atom. The molecule has 0 bridgehead atoms. The summed E-state index contributed by atoms with van der Waals surface area (Å²) >= 11 is 0. The minimum atomic E-state index is -0.861. The zero-order valence-electron chi connectivity index (χ0n) is 19.0. The van der Waals surface area contributed by atoms with Gasteiger partial charge in [-0.3, -0.25) is 14.4 Å². The molecule has 0 aliphatic carbocycles. The molecule has 10 nitrogen and oxygen atoms in total. The quantitative estimate of drug-likeness (QED) is 0.285. The number of hydrogen-bond donors (Lipinski definition) is 3. The largest absolute Gasteiger partial charge is 0.497 e. The zero-order chi connectivity index (χ0) is 24.2. The number of benzene rings is 2. The molecule has 3 amide bonds. The molecule has 2 aromatic rings. The molecule has 3 N–H and O–H groups in total. The molecule has 10 heteroatoms. The van der Waals surface area contributed by atoms with E-state index >= 15 is 0 Å². The summed E-state index contributed by atoms with van der Waals surface area (Å²) in [5.74, 6) is -0.619. The van der Waals surface area contributed by atoms with E-state index in [4.69, 9.17) is 14.2 Å². The molecule has 0 saturated carbocycles. The summed E-state index contributed by atoms with van der Waals surface area (Å²) in [6.45, 7) is 3.46. The fourth-order valence-electron chi connectivity index (χ4n) is 2.53. The molecule has 176 valence electrons. The summed E-state index contributed by atoms with van der Waals surface area (Å²) in [7, 11) is 3.00. The lowest BCUT2D eigenvalue weighted by Gasteiger charge is -2.12. The van der Waals surface area contributed by atoms with Crippen molar-refractivity contribution in [3.05, 3.63) is 48.0 Å². The fraction of sp³-hybridized carbons (Fsp3) is 0.304. The normalized spacial score (nSPS) is 11.4. The monoisotopic (exact) mass is 456 g/mol. The fourth-order valence-corrected chi connectivity index (χ4v) is 2.53. The number of hydrogen-bond acceptors (Lipinski definition) is 7. The zero-order valence-corrected chi connectivity index (χ0v) is 19.0. The number of methoxy groups -OCH3 is 2. The third-order valence-electron chi connectivity index (χ3n) is 4.48. The van der Waals surface area contributed by atoms with Crippen LogP contribution >= 0.6 is 0 Å². The van der Waals surface area contributed by atoms with Crippen molar-refractivity contribution >= 4 is 29.6 Å². The maximum absolute atomic E-state index is 12.2. The first kappa shape index (κ1) is 25.2. The molecule has 0 spiro atoms. The van der Waals surface area contributed by atoms with Crippen LogP contribution in [-0.2, 0) is 14.4 Å². The van der Waals surface area contributed by atoms with Crippen LogP contribution in [0.3, 0.4) is 0 Å². The van der Waals surface area contributed by atoms with Crippen molar-refractivity contribution in [1.29, 1.82) is 0 Å². The van der Waals surface area contributed by atoms with Crippen molar-refractivity contribution in [1.82, 2.24) is 10.7 Å². The van der Waals surface area contributed by atoms with Gasteiger partial charge in [-0.2, -0.15) is 5.10 Å². The number of nitrogens with zero attached hydrogens (tertiary/aromatic N) is 1. The molecular weight excluding hydrogens is 428 g/mol. The average Bonchev–Trinajstić information content (AvgIpc) is 2.82. The molecule has 2 rings (SSSR count). The van der Waals surface area contributed by atoms with Crippen LogP contribution in [0.25, 0.3) is 0 Å². The Morgan fingerprint density at radius 3 is 2.52 bits per heavy atom. The van der Waals surface area contributed by atoms with Gasteiger partial charge in [-0.25, -0.2) is 5.43 Å². The van der Waals surface area contributed by atoms with Gasteiger partial charge in [0.25, 0.3) is 5.91 Å². The van der Waals surface area contributed by atoms with Crippen LogP contribution in [0, 0.1) is 0 Å². The molecule has 0 radical (unpaired) electrons. The standard InChI is InChI=1S/C23H28N4O6/c1-5-15(2)25-22(29)23(30)27-24-13-16-9-10-19(20(11-16)32-4)33-14-21(28)26-17-7-6-8-18(12-17)31-3/h6-13,15H,5,14H2,1-4H3,(H,25,29)(H,26,28)(H,27,30)/b24-13-/t15-/m0/s1. The Bertz CT molecular complexity index is 1010. The van der Waals surface area contributed by atoms with Gasteiger partial charge in [-0.05, 0) is 49.2 Å². The summed E-state index contributed by atoms with van der Waals surface area (Å²) in [6.07, 6.45) is 2.06. The second-order valence-corrected chi connectivity index (χ2v) is 6.96. The molecule has 0 aliphatic heterocycles. The summed E-state index contributed by atoms with van der Waals surface area (Å²) < 4.78 is 16.0. The van der Waals surface area contributed by atoms with Gasteiger partial charge >= 0.3 is 11.8 Å². The minimum Gasteiger partial charge on any atom is -0.497 e. The first-order valence-corrected chi connectivity index (χ1v) is 10.2. The molecule has 0 fully saturated rings. The number of rotatable bonds is 10. The van der Waals surface area contributed by atoms with E-state index < -0.39 is 11.8 Å². The average molecular weight is 456 g/mol. The highest BCUT2D eigenvalue weighted by Crippen LogP contribution is 2.27. The first-order valence-electron chi connectivity index (χ1n) is 10.2. The van der Waals surface area contributed by atoms with Crippen LogP contribution in [0.15, 0.2) is 47.6 Å². The van der Waals surface area contributed by atoms with Crippen LogP contribution in [0.1, 0.15) is 25.8 Å². The van der Waals surface area contributed by atoms with Gasteiger partial charge in [0.1, 0.15) is 5.75 Å². The number of hydrazone groups is 1. The van der Waals surface area contributed by atoms with E-state index in [2.05, 4.69) is 21.2 Å². The number of nitrogens with one attached hydrogen (secondary N) is 3. The second-order valence-electron chi connectivity index (χ2n) is 6.96. The molecule has 0 heterocycles. The highest BCUT2D eigenvalue weighted by Gasteiger charge is 2.14. The van der Waals surface area contributed by atoms with Gasteiger partial charge in [0.05, 0.1) is 20.4 Å². The number of amides is 3. The van der Waals surface area contributed by atoms with Crippen molar-refractivity contribution in [2.45, 2.75) is 26.3 Å². The van der Waals surface area contributed by atoms with E-state index in [1.54, 1.807) is 56.5 Å². The van der Waals surface area contributed by atoms with Gasteiger partial charge in [-0.1, -0.05) is 13.0 Å². The highest BCUT2D eigenvalue weighted by atomic mass is 16.5. The maximum Gasteiger partial charge on any atom is 0.329 e. The SMILES string of the molecule is CC[C@H](C)NC(=O)C(=O)N/N=C\c1ccc(OCC(=O)Nc2cccc(OC)c2)c(OC)c1. The van der Waals surface area contributed by atoms with E-state index in [0.29, 0.717) is 34.9 Å². The predicted molar refractivity (Wildman–Crippen MR) is 124 cm³/mol. The van der Waals surface area contributed by atoms with Crippen LogP contribution in [0.5, 0.6) is 17.2 Å². The molecule has 1 atom stereocenters. The van der Waals surface area contributed by atoms with Crippen molar-refractivity contribution in [3.63, 3.8) is 0 Å². The number of carbonyl (C=O) groups is 3. The Labute approximate surface area is 192 Å². The molecular formula is C23H28N4O6. The molecule has 2 aromatic carbocycles. The number of carbonyl (C=O) groups excluding carboxylic acids is 3. The Morgan fingerprint density at radius 2 is 1.82 bits per heavy atom. The van der Waals surface area contributed by atoms with Gasteiger partial charge in [0, 0.05) is 17.8 Å². The highest BCUT2D eigenvalue weighted by molar-refractivity contribution is 6.35. The van der Waals surface area contributed by atoms with E-state index in [9.17, 15) is 14.4 Å². The summed E-state index contributed by atoms with van der Waals surface area (Å²) in [5.41, 5.74) is 3.34. The Kier molecular flexibility index (Phi) is 9.69. The van der Waals surface area contributed by atoms with Crippen LogP contribution in [0.2, 0.25) is 0 Å². The van der Waals surface area contributed by atoms with Crippen molar-refractivity contribution in [2.24, 2.45) is 5.10 Å². The second kappa shape index (κ2) is 12.7. The van der Waals surface area contributed by atoms with E-state index in [-0.39, 0.29) is 18.6 Å². The third-order valence-corrected chi connectivity index (χ3v) is 4.48. The van der Waals surface area contributed by atoms with E-state index in [1.807, 2.05) is 6.92 Å². The van der Waals surface area contributed by atoms with Gasteiger partial charge in [-0.15, -0.1) is 0 Å². The van der Waals surface area contributed by atoms with Gasteiger partial charge < -0.3 is 24.8 Å². The van der Waals surface area contributed by atoms with Crippen LogP contribution < -0.4 is 30.3 Å². The summed E-state index contributed by atoms with van der Waals surface area (Å²) in [6, 6.07) is 11.7. The Balaban J connectivity index is 1.91. The first-order chi connectivity index (χ1) is 15.9. The lowest BCUT2D eigenvalue weighted by atomic mass is 10.2. The lowest BCUT2D eigenvalue weighted by Crippen LogP contribution is -2.41. The summed E-state index contributed by atoms with van der Waals surface area (Å²) in [5, 5.41) is 9.05.